The predicted octanol–water partition coefficient (Wildman–Crippen LogP) is 2.93. The first-order chi connectivity index (χ1) is 9.60. The number of pyridine rings is 1. The Bertz CT molecular complexity index is 629. The molecule has 0 spiro atoms. The zero-order valence-corrected chi connectivity index (χ0v) is 11.2. The van der Waals surface area contributed by atoms with E-state index in [0.29, 0.717) is 17.7 Å². The number of rotatable bonds is 5. The highest BCUT2D eigenvalue weighted by Gasteiger charge is 2.04. The van der Waals surface area contributed by atoms with Gasteiger partial charge in [-0.25, -0.2) is 4.39 Å². The van der Waals surface area contributed by atoms with Crippen molar-refractivity contribution in [3.63, 3.8) is 0 Å². The lowest BCUT2D eigenvalue weighted by molar-refractivity contribution is 0.112. The molecule has 1 aromatic carbocycles. The molecule has 2 aromatic rings. The number of carbonyl (C=O) groups excluding carboxylic acids is 1. The van der Waals surface area contributed by atoms with E-state index in [2.05, 4.69) is 4.98 Å². The molecule has 104 valence electrons. The van der Waals surface area contributed by atoms with Gasteiger partial charge in [-0.3, -0.25) is 9.78 Å². The molecule has 5 heteroatoms. The van der Waals surface area contributed by atoms with Crippen LogP contribution in [0.4, 0.5) is 4.39 Å². The lowest BCUT2D eigenvalue weighted by atomic mass is 10.2. The van der Waals surface area contributed by atoms with Crippen LogP contribution in [0.1, 0.15) is 21.7 Å². The molecule has 0 radical (unpaired) electrons. The number of carbonyl (C=O) groups is 1. The van der Waals surface area contributed by atoms with Gasteiger partial charge in [0.2, 0.25) is 0 Å². The van der Waals surface area contributed by atoms with Crippen LogP contribution >= 0.6 is 0 Å². The van der Waals surface area contributed by atoms with E-state index in [0.717, 1.165) is 11.8 Å². The minimum Gasteiger partial charge on any atom is -0.497 e. The first-order valence-electron chi connectivity index (χ1n) is 6.01. The Labute approximate surface area is 116 Å². The van der Waals surface area contributed by atoms with Crippen molar-refractivity contribution in [2.75, 3.05) is 7.11 Å². The maximum Gasteiger partial charge on any atom is 0.150 e. The SMILES string of the molecule is COc1cc(C)nc(COc2cc(F)cc(C=O)c2)c1. The first kappa shape index (κ1) is 14.0. The Hall–Kier alpha value is -2.43. The molecule has 0 N–H and O–H groups in total. The molecule has 1 aromatic heterocycles. The maximum atomic E-state index is 13.2. The van der Waals surface area contributed by atoms with Crippen LogP contribution in [0.25, 0.3) is 0 Å². The van der Waals surface area contributed by atoms with Crippen molar-refractivity contribution < 1.29 is 18.7 Å². The number of ether oxygens (including phenoxy) is 2. The van der Waals surface area contributed by atoms with Crippen LogP contribution in [0.3, 0.4) is 0 Å². The molecule has 2 rings (SSSR count). The van der Waals surface area contributed by atoms with Gasteiger partial charge in [-0.05, 0) is 19.1 Å². The Morgan fingerprint density at radius 3 is 2.70 bits per heavy atom. The van der Waals surface area contributed by atoms with Crippen molar-refractivity contribution in [1.82, 2.24) is 4.98 Å². The fourth-order valence-corrected chi connectivity index (χ4v) is 1.79. The molecule has 0 saturated heterocycles. The Balaban J connectivity index is 2.14. The number of aryl methyl sites for hydroxylation is 1. The van der Waals surface area contributed by atoms with Crippen LogP contribution in [0, 0.1) is 12.7 Å². The molecule has 0 aliphatic carbocycles. The van der Waals surface area contributed by atoms with Gasteiger partial charge in [0.15, 0.2) is 0 Å². The van der Waals surface area contributed by atoms with Gasteiger partial charge in [-0.15, -0.1) is 0 Å². The summed E-state index contributed by atoms with van der Waals surface area (Å²) in [6.07, 6.45) is 0.573. The smallest absolute Gasteiger partial charge is 0.150 e. The summed E-state index contributed by atoms with van der Waals surface area (Å²) in [5.41, 5.74) is 1.70. The Morgan fingerprint density at radius 2 is 2.00 bits per heavy atom. The molecular weight excluding hydrogens is 261 g/mol. The molecule has 4 nitrogen and oxygen atoms in total. The van der Waals surface area contributed by atoms with Gasteiger partial charge in [-0.1, -0.05) is 0 Å². The summed E-state index contributed by atoms with van der Waals surface area (Å²) in [7, 11) is 1.57. The number of nitrogens with zero attached hydrogens (tertiary/aromatic N) is 1. The summed E-state index contributed by atoms with van der Waals surface area (Å²) in [4.78, 5) is 15.0. The largest absolute Gasteiger partial charge is 0.497 e. The van der Waals surface area contributed by atoms with Crippen molar-refractivity contribution in [2.24, 2.45) is 0 Å². The van der Waals surface area contributed by atoms with E-state index < -0.39 is 5.82 Å². The van der Waals surface area contributed by atoms with Gasteiger partial charge >= 0.3 is 0 Å². The van der Waals surface area contributed by atoms with Crippen LogP contribution in [-0.4, -0.2) is 18.4 Å². The highest BCUT2D eigenvalue weighted by Crippen LogP contribution is 2.18. The van der Waals surface area contributed by atoms with Crippen molar-refractivity contribution in [1.29, 1.82) is 0 Å². The van der Waals surface area contributed by atoms with E-state index in [4.69, 9.17) is 9.47 Å². The number of halogens is 1. The second-order valence-electron chi connectivity index (χ2n) is 4.27. The normalized spacial score (nSPS) is 10.2. The van der Waals surface area contributed by atoms with Crippen molar-refractivity contribution in [3.05, 3.63) is 53.1 Å². The molecule has 0 atom stereocenters. The fourth-order valence-electron chi connectivity index (χ4n) is 1.79. The van der Waals surface area contributed by atoms with Gasteiger partial charge in [-0.2, -0.15) is 0 Å². The first-order valence-corrected chi connectivity index (χ1v) is 6.01. The second kappa shape index (κ2) is 6.14. The summed E-state index contributed by atoms with van der Waals surface area (Å²) >= 11 is 0. The predicted molar refractivity (Wildman–Crippen MR) is 71.6 cm³/mol. The minimum absolute atomic E-state index is 0.166. The highest BCUT2D eigenvalue weighted by atomic mass is 19.1. The molecule has 0 aliphatic heterocycles. The van der Waals surface area contributed by atoms with Gasteiger partial charge in [0.1, 0.15) is 30.2 Å². The Kier molecular flexibility index (Phi) is 4.30. The number of hydrogen-bond donors (Lipinski definition) is 0. The zero-order valence-electron chi connectivity index (χ0n) is 11.2. The summed E-state index contributed by atoms with van der Waals surface area (Å²) in [5, 5.41) is 0. The zero-order chi connectivity index (χ0) is 14.5. The average molecular weight is 275 g/mol. The summed E-state index contributed by atoms with van der Waals surface area (Å²) in [6.45, 7) is 2.01. The van der Waals surface area contributed by atoms with E-state index in [1.165, 1.54) is 12.1 Å². The lowest BCUT2D eigenvalue weighted by Crippen LogP contribution is -2.01. The monoisotopic (exact) mass is 275 g/mol. The molecule has 0 amide bonds. The number of aldehydes is 1. The summed E-state index contributed by atoms with van der Waals surface area (Å²) < 4.78 is 23.8. The molecule has 0 unspecified atom stereocenters. The highest BCUT2D eigenvalue weighted by molar-refractivity contribution is 5.75. The van der Waals surface area contributed by atoms with Crippen LogP contribution in [0.15, 0.2) is 30.3 Å². The molecule has 0 fully saturated rings. The third kappa shape index (κ3) is 3.54. The third-order valence-electron chi connectivity index (χ3n) is 2.63. The molecule has 0 saturated carbocycles. The number of aromatic nitrogens is 1. The lowest BCUT2D eigenvalue weighted by Gasteiger charge is -2.09. The number of hydrogen-bond acceptors (Lipinski definition) is 4. The Morgan fingerprint density at radius 1 is 1.20 bits per heavy atom. The molecular formula is C15H14FNO3. The summed E-state index contributed by atoms with van der Waals surface area (Å²) in [6, 6.07) is 7.39. The van der Waals surface area contributed by atoms with Crippen molar-refractivity contribution in [2.45, 2.75) is 13.5 Å². The van der Waals surface area contributed by atoms with Crippen LogP contribution < -0.4 is 9.47 Å². The quantitative estimate of drug-likeness (QED) is 0.787. The van der Waals surface area contributed by atoms with Crippen LogP contribution in [-0.2, 0) is 6.61 Å². The van der Waals surface area contributed by atoms with Crippen LogP contribution in [0.2, 0.25) is 0 Å². The average Bonchev–Trinajstić information content (AvgIpc) is 2.44. The van der Waals surface area contributed by atoms with Gasteiger partial charge < -0.3 is 9.47 Å². The van der Waals surface area contributed by atoms with E-state index in [9.17, 15) is 9.18 Å². The van der Waals surface area contributed by atoms with Crippen molar-refractivity contribution >= 4 is 6.29 Å². The molecule has 1 heterocycles. The number of benzene rings is 1. The minimum atomic E-state index is -0.514. The fraction of sp³-hybridized carbons (Fsp3) is 0.200. The molecule has 0 aliphatic rings. The number of methoxy groups -OCH3 is 1. The third-order valence-corrected chi connectivity index (χ3v) is 2.63. The van der Waals surface area contributed by atoms with Gasteiger partial charge in [0, 0.05) is 29.5 Å². The van der Waals surface area contributed by atoms with Gasteiger partial charge in [0.05, 0.1) is 12.8 Å². The maximum absolute atomic E-state index is 13.2. The van der Waals surface area contributed by atoms with Gasteiger partial charge in [0.25, 0.3) is 0 Å². The molecule has 0 bridgehead atoms. The van der Waals surface area contributed by atoms with Crippen LogP contribution in [0.5, 0.6) is 11.5 Å². The van der Waals surface area contributed by atoms with E-state index in [1.807, 2.05) is 6.92 Å². The summed E-state index contributed by atoms with van der Waals surface area (Å²) in [5.74, 6) is 0.456. The van der Waals surface area contributed by atoms with Crippen molar-refractivity contribution in [3.8, 4) is 11.5 Å². The van der Waals surface area contributed by atoms with E-state index in [1.54, 1.807) is 19.2 Å². The second-order valence-corrected chi connectivity index (χ2v) is 4.27. The topological polar surface area (TPSA) is 48.4 Å². The standard InChI is InChI=1S/C15H14FNO3/c1-10-3-14(19-2)7-13(17-10)9-20-15-5-11(8-18)4-12(16)6-15/h3-8H,9H2,1-2H3. The van der Waals surface area contributed by atoms with E-state index in [-0.39, 0.29) is 17.9 Å². The van der Waals surface area contributed by atoms with E-state index >= 15 is 0 Å². The molecule has 20 heavy (non-hydrogen) atoms.